The number of rotatable bonds is 5. The average Bonchev–Trinajstić information content (AvgIpc) is 2.41. The summed E-state index contributed by atoms with van der Waals surface area (Å²) in [7, 11) is 0. The standard InChI is InChI=1S/C14H13ClN2O2/c15-12-5-7-13(8-6-12)16-10-9-11-3-1-2-4-14(11)17(18)19/h1-8,16H,9-10H2. The van der Waals surface area contributed by atoms with Crippen LogP contribution in [0.4, 0.5) is 11.4 Å². The summed E-state index contributed by atoms with van der Waals surface area (Å²) in [5.41, 5.74) is 1.84. The topological polar surface area (TPSA) is 55.2 Å². The van der Waals surface area contributed by atoms with E-state index >= 15 is 0 Å². The van der Waals surface area contributed by atoms with Crippen molar-refractivity contribution in [3.8, 4) is 0 Å². The second kappa shape index (κ2) is 6.20. The maximum absolute atomic E-state index is 10.9. The predicted molar refractivity (Wildman–Crippen MR) is 76.7 cm³/mol. The molecule has 2 aromatic carbocycles. The Balaban J connectivity index is 1.96. The number of nitrogens with one attached hydrogen (secondary N) is 1. The molecule has 0 fully saturated rings. The number of anilines is 1. The van der Waals surface area contributed by atoms with Gasteiger partial charge in [0.2, 0.25) is 0 Å². The Morgan fingerprint density at radius 2 is 1.79 bits per heavy atom. The van der Waals surface area contributed by atoms with E-state index < -0.39 is 0 Å². The summed E-state index contributed by atoms with van der Waals surface area (Å²) in [4.78, 5) is 10.5. The first-order valence-electron chi connectivity index (χ1n) is 5.88. The minimum Gasteiger partial charge on any atom is -0.385 e. The second-order valence-electron chi connectivity index (χ2n) is 4.07. The molecule has 0 saturated carbocycles. The first-order valence-corrected chi connectivity index (χ1v) is 6.26. The van der Waals surface area contributed by atoms with Gasteiger partial charge in [0, 0.05) is 28.9 Å². The molecule has 0 aromatic heterocycles. The van der Waals surface area contributed by atoms with Crippen LogP contribution in [-0.4, -0.2) is 11.5 Å². The van der Waals surface area contributed by atoms with Gasteiger partial charge in [0.05, 0.1) is 4.92 Å². The molecule has 1 N–H and O–H groups in total. The lowest BCUT2D eigenvalue weighted by Crippen LogP contribution is -2.06. The molecule has 0 aliphatic heterocycles. The molecule has 0 unspecified atom stereocenters. The maximum atomic E-state index is 10.9. The minimum absolute atomic E-state index is 0.167. The molecule has 0 amide bonds. The average molecular weight is 277 g/mol. The molecule has 2 rings (SSSR count). The fourth-order valence-electron chi connectivity index (χ4n) is 1.81. The molecule has 0 radical (unpaired) electrons. The Kier molecular flexibility index (Phi) is 4.36. The Labute approximate surface area is 116 Å². The first-order chi connectivity index (χ1) is 9.16. The van der Waals surface area contributed by atoms with Gasteiger partial charge in [-0.25, -0.2) is 0 Å². The number of nitro groups is 1. The minimum atomic E-state index is -0.350. The van der Waals surface area contributed by atoms with Crippen molar-refractivity contribution in [1.29, 1.82) is 0 Å². The van der Waals surface area contributed by atoms with Crippen LogP contribution in [0.3, 0.4) is 0 Å². The summed E-state index contributed by atoms with van der Waals surface area (Å²) in [5.74, 6) is 0. The number of hydrogen-bond acceptors (Lipinski definition) is 3. The Morgan fingerprint density at radius 1 is 1.11 bits per heavy atom. The molecule has 0 heterocycles. The number of benzene rings is 2. The lowest BCUT2D eigenvalue weighted by Gasteiger charge is -2.06. The van der Waals surface area contributed by atoms with Gasteiger partial charge in [-0.2, -0.15) is 0 Å². The predicted octanol–water partition coefficient (Wildman–Crippen LogP) is 3.90. The molecular formula is C14H13ClN2O2. The molecule has 98 valence electrons. The third kappa shape index (κ3) is 3.69. The normalized spacial score (nSPS) is 10.2. The summed E-state index contributed by atoms with van der Waals surface area (Å²) in [5, 5.41) is 14.8. The summed E-state index contributed by atoms with van der Waals surface area (Å²) >= 11 is 5.79. The zero-order valence-corrected chi connectivity index (χ0v) is 10.9. The van der Waals surface area contributed by atoms with Crippen molar-refractivity contribution in [2.75, 3.05) is 11.9 Å². The third-order valence-corrected chi connectivity index (χ3v) is 3.01. The lowest BCUT2D eigenvalue weighted by atomic mass is 10.1. The van der Waals surface area contributed by atoms with Crippen LogP contribution in [0.15, 0.2) is 48.5 Å². The van der Waals surface area contributed by atoms with Crippen molar-refractivity contribution in [3.05, 3.63) is 69.2 Å². The molecule has 0 bridgehead atoms. The van der Waals surface area contributed by atoms with E-state index in [2.05, 4.69) is 5.32 Å². The van der Waals surface area contributed by atoms with Crippen LogP contribution < -0.4 is 5.32 Å². The van der Waals surface area contributed by atoms with Gasteiger partial charge < -0.3 is 5.32 Å². The molecule has 5 heteroatoms. The summed E-state index contributed by atoms with van der Waals surface area (Å²) in [6, 6.07) is 14.1. The zero-order chi connectivity index (χ0) is 13.7. The molecule has 0 atom stereocenters. The molecular weight excluding hydrogens is 264 g/mol. The Morgan fingerprint density at radius 3 is 2.47 bits per heavy atom. The van der Waals surface area contributed by atoms with Gasteiger partial charge in [0.15, 0.2) is 0 Å². The summed E-state index contributed by atoms with van der Waals surface area (Å²) in [6.07, 6.45) is 0.597. The number of para-hydroxylation sites is 1. The quantitative estimate of drug-likeness (QED) is 0.665. The van der Waals surface area contributed by atoms with E-state index in [1.807, 2.05) is 18.2 Å². The molecule has 2 aromatic rings. The highest BCUT2D eigenvalue weighted by Crippen LogP contribution is 2.18. The van der Waals surface area contributed by atoms with Crippen LogP contribution in [0, 0.1) is 10.1 Å². The van der Waals surface area contributed by atoms with Crippen LogP contribution >= 0.6 is 11.6 Å². The van der Waals surface area contributed by atoms with E-state index in [9.17, 15) is 10.1 Å². The largest absolute Gasteiger partial charge is 0.385 e. The van der Waals surface area contributed by atoms with Crippen molar-refractivity contribution < 1.29 is 4.92 Å². The zero-order valence-electron chi connectivity index (χ0n) is 10.2. The fourth-order valence-corrected chi connectivity index (χ4v) is 1.94. The van der Waals surface area contributed by atoms with Crippen molar-refractivity contribution in [1.82, 2.24) is 0 Å². The highest BCUT2D eigenvalue weighted by Gasteiger charge is 2.11. The number of hydrogen-bond donors (Lipinski definition) is 1. The van der Waals surface area contributed by atoms with Crippen molar-refractivity contribution >= 4 is 23.0 Å². The second-order valence-corrected chi connectivity index (χ2v) is 4.51. The molecule has 4 nitrogen and oxygen atoms in total. The Bertz CT molecular complexity index is 570. The summed E-state index contributed by atoms with van der Waals surface area (Å²) < 4.78 is 0. The van der Waals surface area contributed by atoms with Crippen molar-refractivity contribution in [2.24, 2.45) is 0 Å². The van der Waals surface area contributed by atoms with E-state index in [0.717, 1.165) is 11.3 Å². The fraction of sp³-hybridized carbons (Fsp3) is 0.143. The highest BCUT2D eigenvalue weighted by atomic mass is 35.5. The van der Waals surface area contributed by atoms with E-state index in [4.69, 9.17) is 11.6 Å². The maximum Gasteiger partial charge on any atom is 0.272 e. The molecule has 0 saturated heterocycles. The summed E-state index contributed by atoms with van der Waals surface area (Å²) in [6.45, 7) is 0.631. The van der Waals surface area contributed by atoms with Gasteiger partial charge in [-0.1, -0.05) is 29.8 Å². The van der Waals surface area contributed by atoms with Gasteiger partial charge in [-0.15, -0.1) is 0 Å². The molecule has 0 spiro atoms. The molecule has 19 heavy (non-hydrogen) atoms. The number of nitro benzene ring substituents is 1. The van der Waals surface area contributed by atoms with Gasteiger partial charge in [0.25, 0.3) is 5.69 Å². The monoisotopic (exact) mass is 276 g/mol. The van der Waals surface area contributed by atoms with Crippen LogP contribution in [0.1, 0.15) is 5.56 Å². The SMILES string of the molecule is O=[N+]([O-])c1ccccc1CCNc1ccc(Cl)cc1. The number of nitrogens with zero attached hydrogens (tertiary/aromatic N) is 1. The first kappa shape index (κ1) is 13.4. The highest BCUT2D eigenvalue weighted by molar-refractivity contribution is 6.30. The van der Waals surface area contributed by atoms with Crippen LogP contribution in [0.25, 0.3) is 0 Å². The Hall–Kier alpha value is -2.07. The van der Waals surface area contributed by atoms with E-state index in [0.29, 0.717) is 18.0 Å². The molecule has 0 aliphatic carbocycles. The molecule has 0 aliphatic rings. The number of halogens is 1. The van der Waals surface area contributed by atoms with Gasteiger partial charge in [-0.05, 0) is 30.7 Å². The van der Waals surface area contributed by atoms with E-state index in [1.165, 1.54) is 6.07 Å². The third-order valence-electron chi connectivity index (χ3n) is 2.76. The van der Waals surface area contributed by atoms with Gasteiger partial charge in [-0.3, -0.25) is 10.1 Å². The van der Waals surface area contributed by atoms with Gasteiger partial charge in [0.1, 0.15) is 0 Å². The van der Waals surface area contributed by atoms with Crippen molar-refractivity contribution in [2.45, 2.75) is 6.42 Å². The van der Waals surface area contributed by atoms with Gasteiger partial charge >= 0.3 is 0 Å². The smallest absolute Gasteiger partial charge is 0.272 e. The van der Waals surface area contributed by atoms with E-state index in [-0.39, 0.29) is 10.6 Å². The van der Waals surface area contributed by atoms with Crippen LogP contribution in [-0.2, 0) is 6.42 Å². The van der Waals surface area contributed by atoms with Crippen LogP contribution in [0.2, 0.25) is 5.02 Å². The van der Waals surface area contributed by atoms with E-state index in [1.54, 1.807) is 24.3 Å². The lowest BCUT2D eigenvalue weighted by molar-refractivity contribution is -0.385. The van der Waals surface area contributed by atoms with Crippen molar-refractivity contribution in [3.63, 3.8) is 0 Å². The van der Waals surface area contributed by atoms with Crippen LogP contribution in [0.5, 0.6) is 0 Å².